The van der Waals surface area contributed by atoms with Crippen LogP contribution < -0.4 is 15.8 Å². The van der Waals surface area contributed by atoms with Crippen LogP contribution in [0.2, 0.25) is 0 Å². The summed E-state index contributed by atoms with van der Waals surface area (Å²) in [7, 11) is -3.65. The summed E-state index contributed by atoms with van der Waals surface area (Å²) in [6, 6.07) is 12.0. The Bertz CT molecular complexity index is 1630. The van der Waals surface area contributed by atoms with Crippen molar-refractivity contribution in [2.45, 2.75) is 25.1 Å². The fourth-order valence-electron chi connectivity index (χ4n) is 3.93. The Hall–Kier alpha value is -4.32. The molecule has 5 rings (SSSR count). The first-order valence-corrected chi connectivity index (χ1v) is 12.6. The molecule has 1 aromatic carbocycles. The molecule has 1 amide bonds. The number of ether oxygens (including phenoxy) is 1. The van der Waals surface area contributed by atoms with Gasteiger partial charge in [0.15, 0.2) is 5.65 Å². The van der Waals surface area contributed by atoms with Gasteiger partial charge in [0.25, 0.3) is 15.9 Å². The van der Waals surface area contributed by atoms with Gasteiger partial charge in [-0.1, -0.05) is 12.1 Å². The topological polar surface area (TPSA) is 154 Å². The van der Waals surface area contributed by atoms with E-state index in [0.717, 1.165) is 5.52 Å². The van der Waals surface area contributed by atoms with Gasteiger partial charge in [0.2, 0.25) is 0 Å². The molecule has 4 heterocycles. The van der Waals surface area contributed by atoms with Crippen LogP contribution in [-0.2, 0) is 15.8 Å². The Morgan fingerprint density at radius 3 is 2.81 bits per heavy atom. The highest BCUT2D eigenvalue weighted by Crippen LogP contribution is 2.28. The number of carbonyl (C=O) groups excluding carboxylic acids is 1. The molecule has 3 N–H and O–H groups in total. The molecule has 1 aliphatic heterocycles. The molecular weight excluding hydrogens is 482 g/mol. The second kappa shape index (κ2) is 8.72. The van der Waals surface area contributed by atoms with Crippen molar-refractivity contribution in [3.8, 4) is 11.6 Å². The Morgan fingerprint density at radius 2 is 1.97 bits per heavy atom. The van der Waals surface area contributed by atoms with E-state index in [-0.39, 0.29) is 24.1 Å². The molecule has 0 fully saturated rings. The number of rotatable bonds is 6. The zero-order valence-corrected chi connectivity index (χ0v) is 20.4. The number of nitrogens with two attached hydrogens (primary N) is 1. The zero-order chi connectivity index (χ0) is 25.5. The number of carbonyl (C=O) groups is 1. The molecule has 36 heavy (non-hydrogen) atoms. The van der Waals surface area contributed by atoms with Crippen LogP contribution in [0.5, 0.6) is 5.75 Å². The molecule has 0 bridgehead atoms. The van der Waals surface area contributed by atoms with Gasteiger partial charge in [0, 0.05) is 18.0 Å². The maximum Gasteiger partial charge on any atom is 0.259 e. The van der Waals surface area contributed by atoms with E-state index in [4.69, 9.17) is 10.5 Å². The zero-order valence-electron chi connectivity index (χ0n) is 19.5. The van der Waals surface area contributed by atoms with Crippen LogP contribution in [0, 0.1) is 0 Å². The molecule has 12 heteroatoms. The lowest BCUT2D eigenvalue weighted by Crippen LogP contribution is -2.48. The predicted molar refractivity (Wildman–Crippen MR) is 133 cm³/mol. The number of imidazole rings is 1. The SMILES string of the molecule is CC(C)(COc1cccc2c1C(N)=NS(=O)(=O)C2)NC(=O)c1ccnc(-n2cnc3ncccc32)c1. The monoisotopic (exact) mass is 505 g/mol. The third-order valence-corrected chi connectivity index (χ3v) is 6.71. The molecule has 1 aliphatic rings. The van der Waals surface area contributed by atoms with E-state index < -0.39 is 15.6 Å². The largest absolute Gasteiger partial charge is 0.490 e. The van der Waals surface area contributed by atoms with Gasteiger partial charge in [-0.2, -0.15) is 0 Å². The lowest BCUT2D eigenvalue weighted by molar-refractivity contribution is 0.0880. The number of sulfonamides is 1. The molecule has 0 unspecified atom stereocenters. The van der Waals surface area contributed by atoms with Gasteiger partial charge in [-0.05, 0) is 49.7 Å². The van der Waals surface area contributed by atoms with Crippen LogP contribution in [0.4, 0.5) is 0 Å². The maximum atomic E-state index is 13.1. The van der Waals surface area contributed by atoms with Crippen molar-refractivity contribution in [3.63, 3.8) is 0 Å². The summed E-state index contributed by atoms with van der Waals surface area (Å²) in [5.41, 5.74) is 7.88. The molecule has 0 saturated heterocycles. The minimum atomic E-state index is -3.65. The van der Waals surface area contributed by atoms with Crippen LogP contribution in [0.15, 0.2) is 65.6 Å². The molecular formula is C24H23N7O4S. The molecule has 11 nitrogen and oxygen atoms in total. The fourth-order valence-corrected chi connectivity index (χ4v) is 5.02. The minimum Gasteiger partial charge on any atom is -0.490 e. The minimum absolute atomic E-state index is 0.102. The summed E-state index contributed by atoms with van der Waals surface area (Å²) in [6.45, 7) is 3.74. The standard InChI is InChI=1S/C24H23N7O4S/c1-24(2,13-35-18-7-3-5-16-12-36(33,34)30-21(25)20(16)18)29-23(32)15-8-10-26-19(11-15)31-14-28-22-17(31)6-4-9-27-22/h3-11,14H,12-13H2,1-2H3,(H2,25,30)(H,29,32). The second-order valence-corrected chi connectivity index (χ2v) is 10.6. The van der Waals surface area contributed by atoms with Crippen molar-refractivity contribution >= 4 is 32.9 Å². The molecule has 0 aliphatic carbocycles. The van der Waals surface area contributed by atoms with E-state index in [1.165, 1.54) is 0 Å². The fraction of sp³-hybridized carbons (Fsp3) is 0.208. The highest BCUT2D eigenvalue weighted by Gasteiger charge is 2.27. The first-order chi connectivity index (χ1) is 17.1. The average Bonchev–Trinajstić information content (AvgIpc) is 3.26. The average molecular weight is 506 g/mol. The second-order valence-electron chi connectivity index (χ2n) is 8.98. The lowest BCUT2D eigenvalue weighted by Gasteiger charge is -2.27. The molecule has 0 spiro atoms. The van der Waals surface area contributed by atoms with Crippen molar-refractivity contribution in [1.29, 1.82) is 0 Å². The number of hydrogen-bond acceptors (Lipinski definition) is 8. The molecule has 4 aromatic rings. The summed E-state index contributed by atoms with van der Waals surface area (Å²) in [5, 5.41) is 2.97. The maximum absolute atomic E-state index is 13.1. The van der Waals surface area contributed by atoms with E-state index in [9.17, 15) is 13.2 Å². The summed E-state index contributed by atoms with van der Waals surface area (Å²) in [6.07, 6.45) is 4.83. The number of amidine groups is 1. The van der Waals surface area contributed by atoms with Crippen molar-refractivity contribution in [1.82, 2.24) is 24.8 Å². The van der Waals surface area contributed by atoms with Gasteiger partial charge in [-0.25, -0.2) is 23.4 Å². The van der Waals surface area contributed by atoms with Crippen LogP contribution in [0.1, 0.15) is 35.3 Å². The number of nitrogens with one attached hydrogen (secondary N) is 1. The Morgan fingerprint density at radius 1 is 1.14 bits per heavy atom. The Kier molecular flexibility index (Phi) is 5.67. The quantitative estimate of drug-likeness (QED) is 0.403. The third kappa shape index (κ3) is 4.62. The van der Waals surface area contributed by atoms with Crippen molar-refractivity contribution in [2.75, 3.05) is 6.61 Å². The summed E-state index contributed by atoms with van der Waals surface area (Å²) < 4.78 is 35.1. The summed E-state index contributed by atoms with van der Waals surface area (Å²) in [4.78, 5) is 25.9. The highest BCUT2D eigenvalue weighted by atomic mass is 32.2. The van der Waals surface area contributed by atoms with E-state index in [1.807, 2.05) is 26.0 Å². The van der Waals surface area contributed by atoms with Crippen molar-refractivity contribution < 1.29 is 17.9 Å². The van der Waals surface area contributed by atoms with Gasteiger partial charge in [0.05, 0.1) is 22.4 Å². The lowest BCUT2D eigenvalue weighted by atomic mass is 10.0. The van der Waals surface area contributed by atoms with Crippen molar-refractivity contribution in [3.05, 3.63) is 77.9 Å². The molecule has 0 atom stereocenters. The molecule has 184 valence electrons. The normalized spacial score (nSPS) is 14.7. The van der Waals surface area contributed by atoms with E-state index in [1.54, 1.807) is 53.6 Å². The number of amides is 1. The van der Waals surface area contributed by atoms with Gasteiger partial charge < -0.3 is 15.8 Å². The Labute approximate surface area is 207 Å². The van der Waals surface area contributed by atoms with Crippen LogP contribution in [-0.4, -0.2) is 51.8 Å². The number of nitrogens with zero attached hydrogens (tertiary/aromatic N) is 5. The molecule has 0 radical (unpaired) electrons. The number of fused-ring (bicyclic) bond motifs is 2. The van der Waals surface area contributed by atoms with E-state index in [0.29, 0.717) is 33.9 Å². The van der Waals surface area contributed by atoms with Gasteiger partial charge in [-0.15, -0.1) is 4.40 Å². The predicted octanol–water partition coefficient (Wildman–Crippen LogP) is 1.95. The van der Waals surface area contributed by atoms with Crippen LogP contribution in [0.3, 0.4) is 0 Å². The number of pyridine rings is 2. The van der Waals surface area contributed by atoms with E-state index >= 15 is 0 Å². The summed E-state index contributed by atoms with van der Waals surface area (Å²) in [5.74, 6) is 0.274. The van der Waals surface area contributed by atoms with E-state index in [2.05, 4.69) is 24.7 Å². The number of hydrogen-bond donors (Lipinski definition) is 2. The number of aromatic nitrogens is 4. The van der Waals surface area contributed by atoms with Gasteiger partial charge in [-0.3, -0.25) is 9.36 Å². The Balaban J connectivity index is 1.32. The molecule has 3 aromatic heterocycles. The first-order valence-electron chi connectivity index (χ1n) is 11.0. The smallest absolute Gasteiger partial charge is 0.259 e. The third-order valence-electron chi connectivity index (χ3n) is 5.56. The van der Waals surface area contributed by atoms with Crippen LogP contribution in [0.25, 0.3) is 17.0 Å². The molecule has 0 saturated carbocycles. The number of benzene rings is 1. The summed E-state index contributed by atoms with van der Waals surface area (Å²) >= 11 is 0. The highest BCUT2D eigenvalue weighted by molar-refractivity contribution is 7.89. The first kappa shape index (κ1) is 23.4. The van der Waals surface area contributed by atoms with Gasteiger partial charge >= 0.3 is 0 Å². The van der Waals surface area contributed by atoms with Gasteiger partial charge in [0.1, 0.15) is 30.3 Å². The van der Waals surface area contributed by atoms with Crippen LogP contribution >= 0.6 is 0 Å². The van der Waals surface area contributed by atoms with Crippen molar-refractivity contribution in [2.24, 2.45) is 10.1 Å².